The van der Waals surface area contributed by atoms with E-state index in [1.165, 1.54) is 0 Å². The molecule has 0 saturated heterocycles. The molecule has 1 amide bonds. The molecule has 2 aromatic carbocycles. The Kier molecular flexibility index (Phi) is 8.31. The van der Waals surface area contributed by atoms with Crippen molar-refractivity contribution in [3.63, 3.8) is 0 Å². The molecule has 0 unspecified atom stereocenters. The standard InChI is InChI=1S/C19H21N3O3.ClH/c20-18(21)15-8-4-13(5-9-15)14-6-10-16(11-7-14)19(25)22-12-2-1-3-17(23)24;/h4-11H,1-3,12H2,(H3,20,21)(H,22,25)(H,23,24);1H. The van der Waals surface area contributed by atoms with Crippen molar-refractivity contribution in [1.29, 1.82) is 5.41 Å². The summed E-state index contributed by atoms with van der Waals surface area (Å²) in [6.07, 6.45) is 1.30. The Bertz CT molecular complexity index is 759. The number of nitrogens with two attached hydrogens (primary N) is 1. The SMILES string of the molecule is Cl.N=C(N)c1ccc(-c2ccc(C(=O)NCCCCC(=O)O)cc2)cc1. The molecule has 0 aliphatic rings. The zero-order chi connectivity index (χ0) is 18.2. The topological polar surface area (TPSA) is 116 Å². The van der Waals surface area contributed by atoms with E-state index >= 15 is 0 Å². The molecular formula is C19H22ClN3O3. The lowest BCUT2D eigenvalue weighted by atomic mass is 10.0. The lowest BCUT2D eigenvalue weighted by Gasteiger charge is -2.07. The molecule has 2 aromatic rings. The van der Waals surface area contributed by atoms with Crippen LogP contribution in [0.25, 0.3) is 11.1 Å². The summed E-state index contributed by atoms with van der Waals surface area (Å²) >= 11 is 0. The molecular weight excluding hydrogens is 354 g/mol. The van der Waals surface area contributed by atoms with Gasteiger partial charge >= 0.3 is 5.97 Å². The minimum atomic E-state index is -0.821. The first-order valence-electron chi connectivity index (χ1n) is 8.02. The quantitative estimate of drug-likeness (QED) is 0.322. The number of benzene rings is 2. The van der Waals surface area contributed by atoms with Crippen LogP contribution in [-0.4, -0.2) is 29.4 Å². The molecule has 0 fully saturated rings. The second kappa shape index (κ2) is 10.2. The van der Waals surface area contributed by atoms with Crippen LogP contribution < -0.4 is 11.1 Å². The number of amidine groups is 1. The molecule has 6 nitrogen and oxygen atoms in total. The summed E-state index contributed by atoms with van der Waals surface area (Å²) in [6.45, 7) is 0.459. The first kappa shape index (κ1) is 21.2. The molecule has 0 spiro atoms. The summed E-state index contributed by atoms with van der Waals surface area (Å²) in [6, 6.07) is 14.6. The number of nitrogen functional groups attached to an aromatic ring is 1. The van der Waals surface area contributed by atoms with Crippen molar-refractivity contribution in [2.75, 3.05) is 6.54 Å². The maximum absolute atomic E-state index is 12.0. The van der Waals surface area contributed by atoms with Crippen LogP contribution in [0.2, 0.25) is 0 Å². The average molecular weight is 376 g/mol. The predicted octanol–water partition coefficient (Wildman–Crippen LogP) is 3.04. The Hall–Kier alpha value is -2.86. The van der Waals surface area contributed by atoms with Crippen LogP contribution in [-0.2, 0) is 4.79 Å². The molecule has 26 heavy (non-hydrogen) atoms. The van der Waals surface area contributed by atoms with Gasteiger partial charge in [0, 0.05) is 24.1 Å². The number of halogens is 1. The van der Waals surface area contributed by atoms with E-state index < -0.39 is 5.97 Å². The summed E-state index contributed by atoms with van der Waals surface area (Å²) in [4.78, 5) is 22.5. The Balaban J connectivity index is 0.00000338. The van der Waals surface area contributed by atoms with E-state index in [2.05, 4.69) is 5.32 Å². The number of amides is 1. The minimum Gasteiger partial charge on any atom is -0.481 e. The zero-order valence-electron chi connectivity index (χ0n) is 14.2. The second-order valence-corrected chi connectivity index (χ2v) is 5.68. The summed E-state index contributed by atoms with van der Waals surface area (Å²) in [5, 5.41) is 18.7. The van der Waals surface area contributed by atoms with Gasteiger partial charge in [0.15, 0.2) is 0 Å². The highest BCUT2D eigenvalue weighted by atomic mass is 35.5. The van der Waals surface area contributed by atoms with Gasteiger partial charge in [0.1, 0.15) is 5.84 Å². The van der Waals surface area contributed by atoms with Gasteiger partial charge < -0.3 is 16.2 Å². The van der Waals surface area contributed by atoms with Crippen molar-refractivity contribution < 1.29 is 14.7 Å². The molecule has 0 atom stereocenters. The van der Waals surface area contributed by atoms with E-state index in [0.717, 1.165) is 11.1 Å². The number of unbranched alkanes of at least 4 members (excludes halogenated alkanes) is 1. The highest BCUT2D eigenvalue weighted by Gasteiger charge is 2.06. The number of nitrogens with one attached hydrogen (secondary N) is 2. The van der Waals surface area contributed by atoms with Gasteiger partial charge in [-0.05, 0) is 36.1 Å². The smallest absolute Gasteiger partial charge is 0.303 e. The number of carboxylic acid groups (broad SMARTS) is 1. The van der Waals surface area contributed by atoms with Crippen molar-refractivity contribution in [1.82, 2.24) is 5.32 Å². The van der Waals surface area contributed by atoms with Crippen molar-refractivity contribution >= 4 is 30.1 Å². The molecule has 0 bridgehead atoms. The molecule has 0 aliphatic carbocycles. The largest absolute Gasteiger partial charge is 0.481 e. The maximum atomic E-state index is 12.0. The number of aliphatic carboxylic acids is 1. The molecule has 0 heterocycles. The summed E-state index contributed by atoms with van der Waals surface area (Å²) in [5.41, 5.74) is 8.61. The van der Waals surface area contributed by atoms with Gasteiger partial charge in [-0.1, -0.05) is 36.4 Å². The third-order valence-corrected chi connectivity index (χ3v) is 3.78. The third kappa shape index (κ3) is 6.22. The third-order valence-electron chi connectivity index (χ3n) is 3.78. The monoisotopic (exact) mass is 375 g/mol. The van der Waals surface area contributed by atoms with Gasteiger partial charge in [-0.25, -0.2) is 0 Å². The minimum absolute atomic E-state index is 0. The summed E-state index contributed by atoms with van der Waals surface area (Å²) in [7, 11) is 0. The van der Waals surface area contributed by atoms with Crippen LogP contribution in [0.3, 0.4) is 0 Å². The fraction of sp³-hybridized carbons (Fsp3) is 0.211. The first-order chi connectivity index (χ1) is 12.0. The zero-order valence-corrected chi connectivity index (χ0v) is 15.0. The molecule has 0 radical (unpaired) electrons. The summed E-state index contributed by atoms with van der Waals surface area (Å²) < 4.78 is 0. The predicted molar refractivity (Wildman–Crippen MR) is 104 cm³/mol. The second-order valence-electron chi connectivity index (χ2n) is 5.68. The number of carboxylic acids is 1. The average Bonchev–Trinajstić information content (AvgIpc) is 2.61. The number of hydrogen-bond acceptors (Lipinski definition) is 3. The fourth-order valence-electron chi connectivity index (χ4n) is 2.36. The van der Waals surface area contributed by atoms with Crippen LogP contribution in [0.5, 0.6) is 0 Å². The van der Waals surface area contributed by atoms with E-state index in [9.17, 15) is 9.59 Å². The Labute approximate surface area is 158 Å². The molecule has 2 rings (SSSR count). The van der Waals surface area contributed by atoms with Crippen LogP contribution in [0.4, 0.5) is 0 Å². The van der Waals surface area contributed by atoms with Crippen LogP contribution in [0.1, 0.15) is 35.2 Å². The Morgan fingerprint density at radius 2 is 1.42 bits per heavy atom. The normalized spacial score (nSPS) is 9.85. The van der Waals surface area contributed by atoms with Crippen LogP contribution in [0.15, 0.2) is 48.5 Å². The Morgan fingerprint density at radius 3 is 1.88 bits per heavy atom. The highest BCUT2D eigenvalue weighted by Crippen LogP contribution is 2.20. The van der Waals surface area contributed by atoms with E-state index in [1.54, 1.807) is 24.3 Å². The van der Waals surface area contributed by atoms with Crippen molar-refractivity contribution in [3.8, 4) is 11.1 Å². The van der Waals surface area contributed by atoms with Gasteiger partial charge in [0.25, 0.3) is 5.91 Å². The summed E-state index contributed by atoms with van der Waals surface area (Å²) in [5.74, 6) is -0.964. The van der Waals surface area contributed by atoms with Gasteiger partial charge in [0.2, 0.25) is 0 Å². The maximum Gasteiger partial charge on any atom is 0.303 e. The Morgan fingerprint density at radius 1 is 0.923 bits per heavy atom. The van der Waals surface area contributed by atoms with E-state index in [-0.39, 0.29) is 30.6 Å². The molecule has 138 valence electrons. The lowest BCUT2D eigenvalue weighted by Crippen LogP contribution is -2.24. The van der Waals surface area contributed by atoms with Crippen LogP contribution in [0, 0.1) is 5.41 Å². The van der Waals surface area contributed by atoms with E-state index in [1.807, 2.05) is 24.3 Å². The molecule has 0 aromatic heterocycles. The van der Waals surface area contributed by atoms with Gasteiger partial charge in [-0.3, -0.25) is 15.0 Å². The number of carbonyl (C=O) groups excluding carboxylic acids is 1. The lowest BCUT2D eigenvalue weighted by molar-refractivity contribution is -0.137. The van der Waals surface area contributed by atoms with Crippen LogP contribution >= 0.6 is 12.4 Å². The van der Waals surface area contributed by atoms with Crippen molar-refractivity contribution in [2.45, 2.75) is 19.3 Å². The van der Waals surface area contributed by atoms with Crippen molar-refractivity contribution in [2.24, 2.45) is 5.73 Å². The van der Waals surface area contributed by atoms with Gasteiger partial charge in [0.05, 0.1) is 0 Å². The van der Waals surface area contributed by atoms with Gasteiger partial charge in [-0.2, -0.15) is 0 Å². The van der Waals surface area contributed by atoms with E-state index in [0.29, 0.717) is 30.5 Å². The van der Waals surface area contributed by atoms with E-state index in [4.69, 9.17) is 16.2 Å². The molecule has 7 heteroatoms. The number of carbonyl (C=O) groups is 2. The van der Waals surface area contributed by atoms with Gasteiger partial charge in [-0.15, -0.1) is 12.4 Å². The molecule has 5 N–H and O–H groups in total. The van der Waals surface area contributed by atoms with Crippen molar-refractivity contribution in [3.05, 3.63) is 59.7 Å². The number of rotatable bonds is 8. The number of hydrogen-bond donors (Lipinski definition) is 4. The molecule has 0 saturated carbocycles. The fourth-order valence-corrected chi connectivity index (χ4v) is 2.36. The first-order valence-corrected chi connectivity index (χ1v) is 8.02. The molecule has 0 aliphatic heterocycles. The highest BCUT2D eigenvalue weighted by molar-refractivity contribution is 5.96.